The molecule has 8 nitrogen and oxygen atoms in total. The third-order valence-corrected chi connectivity index (χ3v) is 10.3. The topological polar surface area (TPSA) is 87.1 Å². The van der Waals surface area contributed by atoms with E-state index in [-0.39, 0.29) is 10.8 Å². The predicted octanol–water partition coefficient (Wildman–Crippen LogP) is 5.06. The van der Waals surface area contributed by atoms with Crippen molar-refractivity contribution in [3.8, 4) is 5.75 Å². The fourth-order valence-electron chi connectivity index (χ4n) is 6.10. The average Bonchev–Trinajstić information content (AvgIpc) is 3.48. The van der Waals surface area contributed by atoms with Crippen LogP contribution in [0.5, 0.6) is 5.75 Å². The summed E-state index contributed by atoms with van der Waals surface area (Å²) in [5, 5.41) is 4.76. The van der Waals surface area contributed by atoms with E-state index in [2.05, 4.69) is 34.3 Å². The molecule has 0 spiro atoms. The van der Waals surface area contributed by atoms with Crippen molar-refractivity contribution in [2.45, 2.75) is 23.4 Å². The van der Waals surface area contributed by atoms with Gasteiger partial charge in [0.2, 0.25) is 15.9 Å². The van der Waals surface area contributed by atoms with Gasteiger partial charge in [0.1, 0.15) is 11.3 Å². The van der Waals surface area contributed by atoms with Crippen molar-refractivity contribution >= 4 is 38.4 Å². The lowest BCUT2D eigenvalue weighted by molar-refractivity contribution is 0.168. The molecule has 1 aromatic heterocycles. The molecule has 1 N–H and O–H groups in total. The van der Waals surface area contributed by atoms with Crippen LogP contribution in [0, 0.1) is 0 Å². The third kappa shape index (κ3) is 3.87. The van der Waals surface area contributed by atoms with Crippen molar-refractivity contribution in [3.05, 3.63) is 112 Å². The van der Waals surface area contributed by atoms with Crippen molar-refractivity contribution in [2.24, 2.45) is 4.99 Å². The second-order valence-corrected chi connectivity index (χ2v) is 13.3. The third-order valence-electron chi connectivity index (χ3n) is 8.15. The minimum absolute atomic E-state index is 0.193. The molecule has 3 aliphatic rings. The Hall–Kier alpha value is -3.92. The van der Waals surface area contributed by atoms with Crippen LogP contribution in [0.15, 0.2) is 100 Å². The van der Waals surface area contributed by atoms with E-state index in [4.69, 9.17) is 21.3 Å². The van der Waals surface area contributed by atoms with E-state index in [1.54, 1.807) is 24.4 Å². The van der Waals surface area contributed by atoms with E-state index in [0.717, 1.165) is 41.2 Å². The average molecular weight is 586 g/mol. The summed E-state index contributed by atoms with van der Waals surface area (Å²) in [6, 6.07) is 23.1. The summed E-state index contributed by atoms with van der Waals surface area (Å²) in [6.45, 7) is 3.55. The number of nitrogens with zero attached hydrogens (tertiary/aromatic N) is 4. The fraction of sp³-hybridized carbons (Fsp3) is 0.226. The van der Waals surface area contributed by atoms with Gasteiger partial charge in [0.25, 0.3) is 0 Å². The number of sulfonamides is 1. The summed E-state index contributed by atoms with van der Waals surface area (Å²) in [5.41, 5.74) is 3.31. The maximum atomic E-state index is 13.6. The molecular weight excluding hydrogens is 558 g/mol. The minimum Gasteiger partial charge on any atom is -0.436 e. The Balaban J connectivity index is 1.55. The Bertz CT molecular complexity index is 1870. The van der Waals surface area contributed by atoms with Crippen molar-refractivity contribution < 1.29 is 13.2 Å². The van der Waals surface area contributed by atoms with E-state index >= 15 is 0 Å². The Morgan fingerprint density at radius 1 is 1.07 bits per heavy atom. The lowest BCUT2D eigenvalue weighted by Crippen LogP contribution is -2.47. The molecule has 0 bridgehead atoms. The molecule has 0 amide bonds. The summed E-state index contributed by atoms with van der Waals surface area (Å²) < 4.78 is 35.1. The molecule has 10 heteroatoms. The zero-order valence-electron chi connectivity index (χ0n) is 22.8. The first-order valence-corrected chi connectivity index (χ1v) is 15.2. The summed E-state index contributed by atoms with van der Waals surface area (Å²) >= 11 is 6.23. The van der Waals surface area contributed by atoms with Crippen molar-refractivity contribution in [1.82, 2.24) is 19.5 Å². The van der Waals surface area contributed by atoms with Crippen LogP contribution in [0.4, 0.5) is 0 Å². The zero-order chi connectivity index (χ0) is 28.5. The molecule has 3 aliphatic heterocycles. The lowest BCUT2D eigenvalue weighted by atomic mass is 9.80. The maximum Gasteiger partial charge on any atom is 0.243 e. The first kappa shape index (κ1) is 26.0. The molecule has 7 rings (SSSR count). The maximum absolute atomic E-state index is 13.6. The molecule has 1 fully saturated rings. The summed E-state index contributed by atoms with van der Waals surface area (Å²) in [7, 11) is -0.716. The molecule has 3 aromatic carbocycles. The quantitative estimate of drug-likeness (QED) is 0.360. The van der Waals surface area contributed by atoms with Gasteiger partial charge in [-0.3, -0.25) is 4.98 Å². The lowest BCUT2D eigenvalue weighted by Gasteiger charge is -2.44. The van der Waals surface area contributed by atoms with Gasteiger partial charge < -0.3 is 15.0 Å². The first-order chi connectivity index (χ1) is 19.7. The number of rotatable bonds is 4. The van der Waals surface area contributed by atoms with E-state index in [9.17, 15) is 8.42 Å². The van der Waals surface area contributed by atoms with Gasteiger partial charge in [-0.25, -0.2) is 17.7 Å². The Morgan fingerprint density at radius 2 is 1.83 bits per heavy atom. The van der Waals surface area contributed by atoms with Gasteiger partial charge in [-0.1, -0.05) is 54.1 Å². The number of halogens is 1. The van der Waals surface area contributed by atoms with E-state index in [0.29, 0.717) is 27.6 Å². The number of nitrogens with one attached hydrogen (secondary N) is 1. The SMILES string of the molecule is CN(C)S(=O)(=O)c1cc2c(c3ncccc13)OC1=NC(C)(c3ccc(Cl)cc3)N3CCNC3=C1C2c1ccccc1. The largest absolute Gasteiger partial charge is 0.436 e. The number of pyridine rings is 1. The van der Waals surface area contributed by atoms with Crippen LogP contribution < -0.4 is 10.1 Å². The van der Waals surface area contributed by atoms with Crippen molar-refractivity contribution in [2.75, 3.05) is 27.2 Å². The van der Waals surface area contributed by atoms with Gasteiger partial charge in [-0.15, -0.1) is 0 Å². The van der Waals surface area contributed by atoms with E-state index in [1.165, 1.54) is 18.4 Å². The molecular formula is C31H28ClN5O3S. The summed E-state index contributed by atoms with van der Waals surface area (Å²) in [6.07, 6.45) is 1.66. The first-order valence-electron chi connectivity index (χ1n) is 13.4. The second-order valence-electron chi connectivity index (χ2n) is 10.7. The van der Waals surface area contributed by atoms with Crippen LogP contribution in [0.2, 0.25) is 5.02 Å². The Kier molecular flexibility index (Phi) is 5.90. The van der Waals surface area contributed by atoms with Gasteiger partial charge in [0.15, 0.2) is 11.4 Å². The zero-order valence-corrected chi connectivity index (χ0v) is 24.4. The van der Waals surface area contributed by atoms with Crippen LogP contribution in [0.3, 0.4) is 0 Å². The van der Waals surface area contributed by atoms with Crippen molar-refractivity contribution in [1.29, 1.82) is 0 Å². The van der Waals surface area contributed by atoms with Crippen LogP contribution in [-0.2, 0) is 15.7 Å². The number of ether oxygens (including phenoxy) is 1. The number of aromatic nitrogens is 1. The van der Waals surface area contributed by atoms with Gasteiger partial charge >= 0.3 is 0 Å². The van der Waals surface area contributed by atoms with E-state index < -0.39 is 15.7 Å². The predicted molar refractivity (Wildman–Crippen MR) is 160 cm³/mol. The molecule has 41 heavy (non-hydrogen) atoms. The molecule has 0 radical (unpaired) electrons. The Morgan fingerprint density at radius 3 is 2.56 bits per heavy atom. The number of fused-ring (bicyclic) bond motifs is 5. The number of hydrogen-bond donors (Lipinski definition) is 1. The molecule has 2 atom stereocenters. The highest BCUT2D eigenvalue weighted by Gasteiger charge is 2.48. The number of benzene rings is 3. The van der Waals surface area contributed by atoms with Gasteiger partial charge in [-0.05, 0) is 48.4 Å². The van der Waals surface area contributed by atoms with E-state index in [1.807, 2.05) is 42.5 Å². The number of aliphatic imine (C=N–C) groups is 1. The molecule has 4 heterocycles. The minimum atomic E-state index is -3.79. The number of hydrogen-bond acceptors (Lipinski definition) is 7. The van der Waals surface area contributed by atoms with Gasteiger partial charge in [-0.2, -0.15) is 0 Å². The highest BCUT2D eigenvalue weighted by atomic mass is 35.5. The highest BCUT2D eigenvalue weighted by Crippen LogP contribution is 2.51. The molecule has 0 saturated carbocycles. The molecule has 2 unspecified atom stereocenters. The Labute approximate surface area is 244 Å². The van der Waals surface area contributed by atoms with Crippen LogP contribution in [0.25, 0.3) is 10.9 Å². The summed E-state index contributed by atoms with van der Waals surface area (Å²) in [5.74, 6) is 1.57. The second kappa shape index (κ2) is 9.30. The van der Waals surface area contributed by atoms with Gasteiger partial charge in [0, 0.05) is 55.3 Å². The van der Waals surface area contributed by atoms with Crippen LogP contribution >= 0.6 is 11.6 Å². The smallest absolute Gasteiger partial charge is 0.243 e. The molecule has 0 aliphatic carbocycles. The monoisotopic (exact) mass is 585 g/mol. The van der Waals surface area contributed by atoms with Crippen LogP contribution in [-0.4, -0.2) is 55.7 Å². The van der Waals surface area contributed by atoms with Gasteiger partial charge in [0.05, 0.1) is 10.5 Å². The highest BCUT2D eigenvalue weighted by molar-refractivity contribution is 7.89. The molecule has 1 saturated heterocycles. The van der Waals surface area contributed by atoms with Crippen molar-refractivity contribution in [3.63, 3.8) is 0 Å². The molecule has 208 valence electrons. The normalized spacial score (nSPS) is 21.6. The van der Waals surface area contributed by atoms with Crippen LogP contribution in [0.1, 0.15) is 29.5 Å². The molecule has 4 aromatic rings. The standard InChI is InChI=1S/C31H28ClN5O3S/c1-31(20-11-13-21(32)14-12-20)35-30-26(29-34-16-17-37(29)31)25(19-8-5-4-6-9-19)23-18-24(41(38,39)36(2)3)22-10-7-15-33-27(22)28(23)40-30/h4-15,18,25,34H,16-17H2,1-3H3. The summed E-state index contributed by atoms with van der Waals surface area (Å²) in [4.78, 5) is 12.4. The fourth-order valence-corrected chi connectivity index (χ4v) is 7.33.